The molecule has 0 spiro atoms. The lowest BCUT2D eigenvalue weighted by Crippen LogP contribution is -2.44. The number of carbonyl (C=O) groups is 2. The Bertz CT molecular complexity index is 584. The Morgan fingerprint density at radius 3 is 2.38 bits per heavy atom. The summed E-state index contributed by atoms with van der Waals surface area (Å²) in [7, 11) is 1.60. The number of hydrogen-bond donors (Lipinski definition) is 0. The molecule has 1 heterocycles. The standard InChI is InChI=1S/C19H25NO4/c1-14-10-15(2)12-20(11-14)18(21)13-24-19(22)9-6-16-4-7-17(23-3)8-5-16/h4-9,14-15H,10-13H2,1-3H3/b9-6+/t14-,15-/m0/s1. The monoisotopic (exact) mass is 331 g/mol. The number of piperidine rings is 1. The first-order valence-electron chi connectivity index (χ1n) is 8.24. The number of benzene rings is 1. The normalized spacial score (nSPS) is 20.9. The number of ether oxygens (including phenoxy) is 2. The zero-order chi connectivity index (χ0) is 17.5. The minimum atomic E-state index is -0.516. The van der Waals surface area contributed by atoms with Gasteiger partial charge in [-0.2, -0.15) is 0 Å². The Balaban J connectivity index is 1.79. The Labute approximate surface area is 143 Å². The molecular formula is C19H25NO4. The molecule has 24 heavy (non-hydrogen) atoms. The van der Waals surface area contributed by atoms with Gasteiger partial charge in [0.25, 0.3) is 5.91 Å². The number of esters is 1. The highest BCUT2D eigenvalue weighted by Crippen LogP contribution is 2.20. The van der Waals surface area contributed by atoms with Gasteiger partial charge < -0.3 is 14.4 Å². The van der Waals surface area contributed by atoms with Gasteiger partial charge in [0.2, 0.25) is 0 Å². The molecule has 2 rings (SSSR count). The van der Waals surface area contributed by atoms with E-state index in [0.717, 1.165) is 30.8 Å². The summed E-state index contributed by atoms with van der Waals surface area (Å²) in [5, 5.41) is 0. The summed E-state index contributed by atoms with van der Waals surface area (Å²) in [5.74, 6) is 1.09. The van der Waals surface area contributed by atoms with E-state index in [4.69, 9.17) is 9.47 Å². The van der Waals surface area contributed by atoms with Crippen molar-refractivity contribution in [3.63, 3.8) is 0 Å². The summed E-state index contributed by atoms with van der Waals surface area (Å²) in [5.41, 5.74) is 0.859. The molecule has 0 radical (unpaired) electrons. The number of likely N-dealkylation sites (tertiary alicyclic amines) is 1. The average Bonchev–Trinajstić information content (AvgIpc) is 2.57. The second kappa shape index (κ2) is 8.52. The number of rotatable bonds is 5. The maximum atomic E-state index is 12.1. The molecule has 5 nitrogen and oxygen atoms in total. The van der Waals surface area contributed by atoms with Crippen molar-refractivity contribution in [2.24, 2.45) is 11.8 Å². The zero-order valence-electron chi connectivity index (χ0n) is 14.5. The molecule has 0 unspecified atom stereocenters. The van der Waals surface area contributed by atoms with Crippen LogP contribution in [-0.2, 0) is 14.3 Å². The first-order chi connectivity index (χ1) is 11.5. The van der Waals surface area contributed by atoms with Gasteiger partial charge in [-0.1, -0.05) is 26.0 Å². The van der Waals surface area contributed by atoms with Crippen LogP contribution in [0.4, 0.5) is 0 Å². The van der Waals surface area contributed by atoms with Crippen LogP contribution in [-0.4, -0.2) is 43.6 Å². The third-order valence-corrected chi connectivity index (χ3v) is 4.09. The van der Waals surface area contributed by atoms with Gasteiger partial charge in [0, 0.05) is 19.2 Å². The van der Waals surface area contributed by atoms with Gasteiger partial charge in [0.05, 0.1) is 7.11 Å². The molecule has 0 N–H and O–H groups in total. The SMILES string of the molecule is COc1ccc(/C=C/C(=O)OCC(=O)N2C[C@@H](C)C[C@H](C)C2)cc1. The fraction of sp³-hybridized carbons (Fsp3) is 0.474. The Kier molecular flexibility index (Phi) is 6.41. The first kappa shape index (κ1) is 18.0. The van der Waals surface area contributed by atoms with Gasteiger partial charge in [-0.05, 0) is 42.0 Å². The topological polar surface area (TPSA) is 55.8 Å². The predicted molar refractivity (Wildman–Crippen MR) is 92.5 cm³/mol. The van der Waals surface area contributed by atoms with Gasteiger partial charge in [-0.3, -0.25) is 4.79 Å². The van der Waals surface area contributed by atoms with E-state index in [1.807, 2.05) is 24.3 Å². The number of hydrogen-bond acceptors (Lipinski definition) is 4. The van der Waals surface area contributed by atoms with Crippen molar-refractivity contribution in [1.29, 1.82) is 0 Å². The molecule has 0 aromatic heterocycles. The van der Waals surface area contributed by atoms with Crippen molar-refractivity contribution in [2.75, 3.05) is 26.8 Å². The fourth-order valence-corrected chi connectivity index (χ4v) is 3.02. The van der Waals surface area contributed by atoms with Crippen LogP contribution < -0.4 is 4.74 Å². The minimum absolute atomic E-state index is 0.125. The largest absolute Gasteiger partial charge is 0.497 e. The number of nitrogens with zero attached hydrogens (tertiary/aromatic N) is 1. The molecule has 1 amide bonds. The molecule has 2 atom stereocenters. The highest BCUT2D eigenvalue weighted by Gasteiger charge is 2.25. The third-order valence-electron chi connectivity index (χ3n) is 4.09. The molecule has 1 saturated heterocycles. The molecular weight excluding hydrogens is 306 g/mol. The summed E-state index contributed by atoms with van der Waals surface area (Å²) in [4.78, 5) is 25.7. The van der Waals surface area contributed by atoms with E-state index in [1.165, 1.54) is 6.08 Å². The third kappa shape index (κ3) is 5.41. The molecule has 1 aliphatic rings. The van der Waals surface area contributed by atoms with Crippen LogP contribution in [0.1, 0.15) is 25.8 Å². The molecule has 5 heteroatoms. The lowest BCUT2D eigenvalue weighted by atomic mass is 9.92. The Morgan fingerprint density at radius 2 is 1.79 bits per heavy atom. The molecule has 0 saturated carbocycles. The molecule has 1 aromatic carbocycles. The molecule has 1 aliphatic heterocycles. The van der Waals surface area contributed by atoms with Crippen molar-refractivity contribution in [3.8, 4) is 5.75 Å². The summed E-state index contributed by atoms with van der Waals surface area (Å²) in [6.45, 7) is 5.55. The first-order valence-corrected chi connectivity index (χ1v) is 8.24. The quantitative estimate of drug-likeness (QED) is 0.615. The van der Waals surface area contributed by atoms with E-state index >= 15 is 0 Å². The Morgan fingerprint density at radius 1 is 1.17 bits per heavy atom. The van der Waals surface area contributed by atoms with Crippen LogP contribution in [0.25, 0.3) is 6.08 Å². The maximum Gasteiger partial charge on any atom is 0.331 e. The van der Waals surface area contributed by atoms with E-state index in [-0.39, 0.29) is 12.5 Å². The van der Waals surface area contributed by atoms with Crippen molar-refractivity contribution >= 4 is 18.0 Å². The van der Waals surface area contributed by atoms with Crippen molar-refractivity contribution in [1.82, 2.24) is 4.90 Å². The van der Waals surface area contributed by atoms with Crippen LogP contribution >= 0.6 is 0 Å². The lowest BCUT2D eigenvalue weighted by Gasteiger charge is -2.34. The average molecular weight is 331 g/mol. The van der Waals surface area contributed by atoms with E-state index in [9.17, 15) is 9.59 Å². The van der Waals surface area contributed by atoms with E-state index in [2.05, 4.69) is 13.8 Å². The number of methoxy groups -OCH3 is 1. The molecule has 0 bridgehead atoms. The van der Waals surface area contributed by atoms with Crippen molar-refractivity contribution < 1.29 is 19.1 Å². The number of carbonyl (C=O) groups excluding carboxylic acids is 2. The van der Waals surface area contributed by atoms with Crippen LogP contribution in [0.3, 0.4) is 0 Å². The van der Waals surface area contributed by atoms with Gasteiger partial charge in [0.15, 0.2) is 6.61 Å². The maximum absolute atomic E-state index is 12.1. The van der Waals surface area contributed by atoms with Gasteiger partial charge >= 0.3 is 5.97 Å². The van der Waals surface area contributed by atoms with Gasteiger partial charge in [-0.25, -0.2) is 4.79 Å². The highest BCUT2D eigenvalue weighted by atomic mass is 16.5. The molecule has 1 aromatic rings. The second-order valence-electron chi connectivity index (χ2n) is 6.46. The van der Waals surface area contributed by atoms with Crippen LogP contribution in [0.5, 0.6) is 5.75 Å². The summed E-state index contributed by atoms with van der Waals surface area (Å²) >= 11 is 0. The lowest BCUT2D eigenvalue weighted by molar-refractivity contribution is -0.149. The highest BCUT2D eigenvalue weighted by molar-refractivity contribution is 5.89. The second-order valence-corrected chi connectivity index (χ2v) is 6.46. The van der Waals surface area contributed by atoms with Crippen LogP contribution in [0, 0.1) is 11.8 Å². The molecule has 1 fully saturated rings. The van der Waals surface area contributed by atoms with Crippen molar-refractivity contribution in [2.45, 2.75) is 20.3 Å². The fourth-order valence-electron chi connectivity index (χ4n) is 3.02. The van der Waals surface area contributed by atoms with E-state index < -0.39 is 5.97 Å². The summed E-state index contributed by atoms with van der Waals surface area (Å²) < 4.78 is 10.1. The minimum Gasteiger partial charge on any atom is -0.497 e. The summed E-state index contributed by atoms with van der Waals surface area (Å²) in [6, 6.07) is 7.30. The number of amides is 1. The Hall–Kier alpha value is -2.30. The summed E-state index contributed by atoms with van der Waals surface area (Å²) in [6.07, 6.45) is 4.11. The van der Waals surface area contributed by atoms with E-state index in [0.29, 0.717) is 11.8 Å². The van der Waals surface area contributed by atoms with Crippen molar-refractivity contribution in [3.05, 3.63) is 35.9 Å². The van der Waals surface area contributed by atoms with Crippen LogP contribution in [0.15, 0.2) is 30.3 Å². The van der Waals surface area contributed by atoms with Gasteiger partial charge in [0.1, 0.15) is 5.75 Å². The zero-order valence-corrected chi connectivity index (χ0v) is 14.5. The smallest absolute Gasteiger partial charge is 0.331 e. The molecule has 0 aliphatic carbocycles. The van der Waals surface area contributed by atoms with Gasteiger partial charge in [-0.15, -0.1) is 0 Å². The predicted octanol–water partition coefficient (Wildman–Crippen LogP) is 2.76. The molecule has 130 valence electrons. The van der Waals surface area contributed by atoms with E-state index in [1.54, 1.807) is 18.1 Å². The van der Waals surface area contributed by atoms with Crippen LogP contribution in [0.2, 0.25) is 0 Å².